The third-order valence-corrected chi connectivity index (χ3v) is 3.01. The largest absolute Gasteiger partial charge is 0.461 e. The van der Waals surface area contributed by atoms with Crippen LogP contribution < -0.4 is 5.32 Å². The standard InChI is InChI=1S/C16H12F2N2O4/c17-10-3-4-13(12(18)6-10)19-16(21)9-22-8-11-7-15(24-20-11)14-2-1-5-23-14/h1-7H,8-9H2,(H,19,21). The van der Waals surface area contributed by atoms with Gasteiger partial charge in [-0.05, 0) is 24.3 Å². The lowest BCUT2D eigenvalue weighted by Gasteiger charge is -2.06. The molecular formula is C16H12F2N2O4. The first kappa shape index (κ1) is 15.9. The summed E-state index contributed by atoms with van der Waals surface area (Å²) in [6.07, 6.45) is 1.51. The Balaban J connectivity index is 1.48. The lowest BCUT2D eigenvalue weighted by molar-refractivity contribution is -0.121. The number of rotatable bonds is 6. The summed E-state index contributed by atoms with van der Waals surface area (Å²) in [6.45, 7) is -0.288. The van der Waals surface area contributed by atoms with Crippen LogP contribution in [0.1, 0.15) is 5.69 Å². The molecule has 124 valence electrons. The SMILES string of the molecule is O=C(COCc1cc(-c2ccco2)on1)Nc1ccc(F)cc1F. The van der Waals surface area contributed by atoms with Gasteiger partial charge in [-0.3, -0.25) is 4.79 Å². The Morgan fingerprint density at radius 3 is 2.83 bits per heavy atom. The van der Waals surface area contributed by atoms with Crippen LogP contribution in [0.2, 0.25) is 0 Å². The van der Waals surface area contributed by atoms with E-state index in [4.69, 9.17) is 13.7 Å². The zero-order valence-corrected chi connectivity index (χ0v) is 12.3. The Labute approximate surface area is 135 Å². The fourth-order valence-corrected chi connectivity index (χ4v) is 1.94. The molecule has 0 saturated heterocycles. The molecule has 6 nitrogen and oxygen atoms in total. The molecule has 8 heteroatoms. The topological polar surface area (TPSA) is 77.5 Å². The van der Waals surface area contributed by atoms with Crippen molar-refractivity contribution in [1.82, 2.24) is 5.16 Å². The average Bonchev–Trinajstić information content (AvgIpc) is 3.21. The number of benzene rings is 1. The fraction of sp³-hybridized carbons (Fsp3) is 0.125. The van der Waals surface area contributed by atoms with Crippen LogP contribution in [0.5, 0.6) is 0 Å². The van der Waals surface area contributed by atoms with Crippen LogP contribution in [-0.2, 0) is 16.1 Å². The van der Waals surface area contributed by atoms with Gasteiger partial charge < -0.3 is 19.0 Å². The number of nitrogens with one attached hydrogen (secondary N) is 1. The lowest BCUT2D eigenvalue weighted by atomic mass is 10.3. The highest BCUT2D eigenvalue weighted by Gasteiger charge is 2.11. The average molecular weight is 334 g/mol. The summed E-state index contributed by atoms with van der Waals surface area (Å²) < 4.78 is 41.6. The number of nitrogens with zero attached hydrogens (tertiary/aromatic N) is 1. The molecule has 1 aromatic carbocycles. The van der Waals surface area contributed by atoms with E-state index in [9.17, 15) is 13.6 Å². The van der Waals surface area contributed by atoms with Gasteiger partial charge in [0, 0.05) is 12.1 Å². The number of halogens is 2. The molecule has 3 rings (SSSR count). The molecule has 0 radical (unpaired) electrons. The molecule has 3 aromatic rings. The van der Waals surface area contributed by atoms with Gasteiger partial charge in [0.25, 0.3) is 0 Å². The Morgan fingerprint density at radius 1 is 1.21 bits per heavy atom. The van der Waals surface area contributed by atoms with Crippen molar-refractivity contribution < 1.29 is 27.3 Å². The smallest absolute Gasteiger partial charge is 0.250 e. The minimum absolute atomic E-state index is 0.0313. The van der Waals surface area contributed by atoms with Crippen LogP contribution in [0.25, 0.3) is 11.5 Å². The molecule has 0 aliphatic rings. The highest BCUT2D eigenvalue weighted by Crippen LogP contribution is 2.20. The lowest BCUT2D eigenvalue weighted by Crippen LogP contribution is -2.19. The molecule has 0 unspecified atom stereocenters. The Kier molecular flexibility index (Phi) is 4.66. The van der Waals surface area contributed by atoms with Crippen molar-refractivity contribution in [3.8, 4) is 11.5 Å². The van der Waals surface area contributed by atoms with E-state index >= 15 is 0 Å². The summed E-state index contributed by atoms with van der Waals surface area (Å²) in [4.78, 5) is 11.7. The number of ether oxygens (including phenoxy) is 1. The zero-order chi connectivity index (χ0) is 16.9. The molecule has 24 heavy (non-hydrogen) atoms. The van der Waals surface area contributed by atoms with Crippen LogP contribution in [0.3, 0.4) is 0 Å². The van der Waals surface area contributed by atoms with Gasteiger partial charge in [0.05, 0.1) is 18.6 Å². The maximum Gasteiger partial charge on any atom is 0.250 e. The van der Waals surface area contributed by atoms with E-state index in [0.29, 0.717) is 23.3 Å². The van der Waals surface area contributed by atoms with Crippen molar-refractivity contribution in [2.75, 3.05) is 11.9 Å². The van der Waals surface area contributed by atoms with E-state index < -0.39 is 17.5 Å². The minimum Gasteiger partial charge on any atom is -0.461 e. The first-order valence-corrected chi connectivity index (χ1v) is 6.94. The van der Waals surface area contributed by atoms with Gasteiger partial charge in [-0.25, -0.2) is 8.78 Å². The quantitative estimate of drug-likeness (QED) is 0.748. The number of hydrogen-bond acceptors (Lipinski definition) is 5. The van der Waals surface area contributed by atoms with Gasteiger partial charge >= 0.3 is 0 Å². The third-order valence-electron chi connectivity index (χ3n) is 3.01. The normalized spacial score (nSPS) is 10.8. The molecule has 0 spiro atoms. The molecule has 0 atom stereocenters. The van der Waals surface area contributed by atoms with Crippen molar-refractivity contribution >= 4 is 11.6 Å². The maximum atomic E-state index is 13.4. The van der Waals surface area contributed by atoms with Gasteiger partial charge in [-0.1, -0.05) is 5.16 Å². The van der Waals surface area contributed by atoms with Crippen LogP contribution in [0.15, 0.2) is 51.6 Å². The molecule has 1 N–H and O–H groups in total. The van der Waals surface area contributed by atoms with Gasteiger partial charge in [0.1, 0.15) is 23.9 Å². The Bertz CT molecular complexity index is 830. The third kappa shape index (κ3) is 3.85. The first-order chi connectivity index (χ1) is 11.6. The fourth-order valence-electron chi connectivity index (χ4n) is 1.94. The summed E-state index contributed by atoms with van der Waals surface area (Å²) in [7, 11) is 0. The molecule has 0 saturated carbocycles. The second-order valence-corrected chi connectivity index (χ2v) is 4.82. The molecule has 0 bridgehead atoms. The second-order valence-electron chi connectivity index (χ2n) is 4.82. The predicted molar refractivity (Wildman–Crippen MR) is 78.8 cm³/mol. The number of carbonyl (C=O) groups excluding carboxylic acids is 1. The van der Waals surface area contributed by atoms with Crippen molar-refractivity contribution in [2.45, 2.75) is 6.61 Å². The van der Waals surface area contributed by atoms with Crippen molar-refractivity contribution in [3.05, 3.63) is 60.0 Å². The molecule has 2 aromatic heterocycles. The van der Waals surface area contributed by atoms with Gasteiger partial charge in [-0.15, -0.1) is 0 Å². The van der Waals surface area contributed by atoms with E-state index in [-0.39, 0.29) is 18.9 Å². The number of anilines is 1. The zero-order valence-electron chi connectivity index (χ0n) is 12.3. The van der Waals surface area contributed by atoms with Gasteiger partial charge in [0.2, 0.25) is 11.7 Å². The molecule has 2 heterocycles. The molecule has 0 aliphatic carbocycles. The predicted octanol–water partition coefficient (Wildman–Crippen LogP) is 3.37. The van der Waals surface area contributed by atoms with E-state index in [1.165, 1.54) is 6.26 Å². The van der Waals surface area contributed by atoms with Crippen molar-refractivity contribution in [2.24, 2.45) is 0 Å². The molecule has 0 aliphatic heterocycles. The van der Waals surface area contributed by atoms with Crippen LogP contribution in [0.4, 0.5) is 14.5 Å². The summed E-state index contributed by atoms with van der Waals surface area (Å²) in [6, 6.07) is 7.92. The van der Waals surface area contributed by atoms with E-state index in [0.717, 1.165) is 12.1 Å². The van der Waals surface area contributed by atoms with Crippen molar-refractivity contribution in [1.29, 1.82) is 0 Å². The van der Waals surface area contributed by atoms with Crippen LogP contribution in [0, 0.1) is 11.6 Å². The van der Waals surface area contributed by atoms with Crippen LogP contribution >= 0.6 is 0 Å². The monoisotopic (exact) mass is 334 g/mol. The highest BCUT2D eigenvalue weighted by atomic mass is 19.1. The van der Waals surface area contributed by atoms with Crippen LogP contribution in [-0.4, -0.2) is 17.7 Å². The van der Waals surface area contributed by atoms with E-state index in [2.05, 4.69) is 10.5 Å². The number of hydrogen-bond donors (Lipinski definition) is 1. The van der Waals surface area contributed by atoms with Gasteiger partial charge in [0.15, 0.2) is 5.76 Å². The summed E-state index contributed by atoms with van der Waals surface area (Å²) in [5.41, 5.74) is 0.355. The summed E-state index contributed by atoms with van der Waals surface area (Å²) >= 11 is 0. The van der Waals surface area contributed by atoms with E-state index in [1.807, 2.05) is 0 Å². The number of furan rings is 1. The number of amides is 1. The summed E-state index contributed by atoms with van der Waals surface area (Å²) in [5, 5.41) is 6.07. The second kappa shape index (κ2) is 7.05. The number of aromatic nitrogens is 1. The highest BCUT2D eigenvalue weighted by molar-refractivity contribution is 5.91. The number of carbonyl (C=O) groups is 1. The Morgan fingerprint density at radius 2 is 2.08 bits per heavy atom. The van der Waals surface area contributed by atoms with Crippen molar-refractivity contribution in [3.63, 3.8) is 0 Å². The van der Waals surface area contributed by atoms with E-state index in [1.54, 1.807) is 18.2 Å². The first-order valence-electron chi connectivity index (χ1n) is 6.94. The molecule has 0 fully saturated rings. The summed E-state index contributed by atoms with van der Waals surface area (Å²) in [5.74, 6) is -1.19. The van der Waals surface area contributed by atoms with Gasteiger partial charge in [-0.2, -0.15) is 0 Å². The Hall–Kier alpha value is -3.00. The minimum atomic E-state index is -0.858. The molecular weight excluding hydrogens is 322 g/mol. The molecule has 1 amide bonds. The maximum absolute atomic E-state index is 13.4.